The molecule has 0 saturated heterocycles. The summed E-state index contributed by atoms with van der Waals surface area (Å²) in [7, 11) is -7.15. The van der Waals surface area contributed by atoms with E-state index in [2.05, 4.69) is 65.8 Å². The van der Waals surface area contributed by atoms with E-state index in [1.807, 2.05) is 0 Å². The van der Waals surface area contributed by atoms with Crippen LogP contribution in [0.15, 0.2) is 0 Å². The van der Waals surface area contributed by atoms with Crippen LogP contribution in [0.4, 0.5) is 0 Å². The number of hydrogen-bond donors (Lipinski definition) is 0. The van der Waals surface area contributed by atoms with E-state index in [-0.39, 0.29) is 0 Å². The molecular weight excluding hydrogens is 369 g/mol. The second-order valence-electron chi connectivity index (χ2n) is 9.33. The quantitative estimate of drug-likeness (QED) is 0.303. The average molecular weight is 411 g/mol. The highest BCUT2D eigenvalue weighted by molar-refractivity contribution is 6.85. The van der Waals surface area contributed by atoms with Crippen molar-refractivity contribution in [3.8, 4) is 0 Å². The van der Waals surface area contributed by atoms with Crippen molar-refractivity contribution in [1.82, 2.24) is 0 Å². The number of rotatable bonds is 13. The molecule has 0 fully saturated rings. The second-order valence-corrected chi connectivity index (χ2v) is 26.3. The maximum Gasteiger partial charge on any atom is 0.324 e. The van der Waals surface area contributed by atoms with Gasteiger partial charge in [-0.25, -0.2) is 0 Å². The lowest BCUT2D eigenvalue weighted by atomic mass is 10.5. The Kier molecular flexibility index (Phi) is 10.4. The number of hydrogen-bond acceptors (Lipinski definition) is 4. The summed E-state index contributed by atoms with van der Waals surface area (Å²) in [5, 5.41) is 0. The molecule has 0 heterocycles. The van der Waals surface area contributed by atoms with E-state index in [9.17, 15) is 0 Å². The van der Waals surface area contributed by atoms with Gasteiger partial charge in [0, 0.05) is 13.2 Å². The molecule has 0 radical (unpaired) electrons. The third-order valence-electron chi connectivity index (χ3n) is 3.10. The minimum atomic E-state index is -2.18. The van der Waals surface area contributed by atoms with Crippen LogP contribution in [0.2, 0.25) is 65.0 Å². The van der Waals surface area contributed by atoms with Crippen LogP contribution in [0.3, 0.4) is 0 Å². The van der Waals surface area contributed by atoms with Crippen molar-refractivity contribution in [2.45, 2.75) is 84.7 Å². The lowest BCUT2D eigenvalue weighted by molar-refractivity contribution is 0.133. The fourth-order valence-electron chi connectivity index (χ4n) is 2.73. The normalized spacial score (nSPS) is 16.2. The van der Waals surface area contributed by atoms with Crippen molar-refractivity contribution >= 4 is 33.5 Å². The standard InChI is InChI=1S/C16H42O4Si4/c1-11-13-17-14-12-15-24(10,20-22(5,6)7)18-16-23(8,9)19-21(2,3)4/h11-16H2,1-10H3. The van der Waals surface area contributed by atoms with Crippen LogP contribution >= 0.6 is 0 Å². The maximum atomic E-state index is 6.54. The van der Waals surface area contributed by atoms with Gasteiger partial charge in [-0.05, 0) is 77.8 Å². The van der Waals surface area contributed by atoms with Gasteiger partial charge in [-0.15, -0.1) is 0 Å². The van der Waals surface area contributed by atoms with Gasteiger partial charge in [0.2, 0.25) is 0 Å². The van der Waals surface area contributed by atoms with Gasteiger partial charge in [-0.3, -0.25) is 0 Å². The summed E-state index contributed by atoms with van der Waals surface area (Å²) in [6, 6.07) is 0.998. The summed E-state index contributed by atoms with van der Waals surface area (Å²) >= 11 is 0. The van der Waals surface area contributed by atoms with Crippen LogP contribution in [0.5, 0.6) is 0 Å². The summed E-state index contributed by atoms with van der Waals surface area (Å²) in [5.74, 6) is 0. The molecule has 0 aromatic carbocycles. The zero-order chi connectivity index (χ0) is 19.1. The van der Waals surface area contributed by atoms with E-state index in [1.165, 1.54) is 0 Å². The Morgan fingerprint density at radius 2 is 1.25 bits per heavy atom. The van der Waals surface area contributed by atoms with Crippen LogP contribution in [-0.2, 0) is 17.4 Å². The van der Waals surface area contributed by atoms with Crippen molar-refractivity contribution in [1.29, 1.82) is 0 Å². The Hall–Kier alpha value is 0.708. The van der Waals surface area contributed by atoms with Crippen molar-refractivity contribution in [3.63, 3.8) is 0 Å². The zero-order valence-electron chi connectivity index (χ0n) is 17.9. The molecule has 1 atom stereocenters. The molecule has 0 amide bonds. The minimum absolute atomic E-state index is 0.736. The average Bonchev–Trinajstić information content (AvgIpc) is 2.32. The fraction of sp³-hybridized carbons (Fsp3) is 1.00. The van der Waals surface area contributed by atoms with Crippen LogP contribution in [0.1, 0.15) is 19.8 Å². The van der Waals surface area contributed by atoms with Gasteiger partial charge < -0.3 is 17.4 Å². The highest BCUT2D eigenvalue weighted by atomic mass is 28.4. The molecular formula is C16H42O4Si4. The summed E-state index contributed by atoms with van der Waals surface area (Å²) in [5.41, 5.74) is 0. The van der Waals surface area contributed by atoms with Crippen LogP contribution < -0.4 is 0 Å². The molecule has 8 heteroatoms. The SMILES string of the molecule is CCCOCCC[Si](C)(OC[Si](C)(C)O[Si](C)(C)C)O[Si](C)(C)C. The second kappa shape index (κ2) is 10.1. The summed E-state index contributed by atoms with van der Waals surface area (Å²) in [6.07, 6.45) is 2.83. The maximum absolute atomic E-state index is 6.54. The molecule has 0 aliphatic rings. The van der Waals surface area contributed by atoms with E-state index in [0.717, 1.165) is 38.3 Å². The lowest BCUT2D eigenvalue weighted by Crippen LogP contribution is -2.53. The molecule has 0 aliphatic heterocycles. The van der Waals surface area contributed by atoms with E-state index < -0.39 is 33.5 Å². The molecule has 24 heavy (non-hydrogen) atoms. The highest BCUT2D eigenvalue weighted by Crippen LogP contribution is 2.24. The topological polar surface area (TPSA) is 36.9 Å². The van der Waals surface area contributed by atoms with Gasteiger partial charge in [-0.1, -0.05) is 6.92 Å². The monoisotopic (exact) mass is 410 g/mol. The predicted molar refractivity (Wildman–Crippen MR) is 114 cm³/mol. The third-order valence-corrected chi connectivity index (χ3v) is 15.1. The molecule has 146 valence electrons. The third kappa shape index (κ3) is 13.9. The van der Waals surface area contributed by atoms with Crippen molar-refractivity contribution in [2.75, 3.05) is 19.4 Å². The van der Waals surface area contributed by atoms with Crippen molar-refractivity contribution < 1.29 is 17.4 Å². The van der Waals surface area contributed by atoms with E-state index in [1.54, 1.807) is 0 Å². The lowest BCUT2D eigenvalue weighted by Gasteiger charge is -2.38. The van der Waals surface area contributed by atoms with Crippen molar-refractivity contribution in [2.24, 2.45) is 0 Å². The molecule has 0 aromatic rings. The first-order chi connectivity index (χ1) is 10.7. The van der Waals surface area contributed by atoms with Crippen LogP contribution in [-0.4, -0.2) is 53.0 Å². The molecule has 4 nitrogen and oxygen atoms in total. The Balaban J connectivity index is 4.70. The van der Waals surface area contributed by atoms with Gasteiger partial charge in [0.25, 0.3) is 0 Å². The van der Waals surface area contributed by atoms with Gasteiger partial charge in [-0.2, -0.15) is 0 Å². The smallest absolute Gasteiger partial charge is 0.324 e. The van der Waals surface area contributed by atoms with Crippen molar-refractivity contribution in [3.05, 3.63) is 0 Å². The van der Waals surface area contributed by atoms with E-state index in [0.29, 0.717) is 0 Å². The minimum Gasteiger partial charge on any atom is -0.454 e. The fourth-order valence-corrected chi connectivity index (χ4v) is 19.0. The van der Waals surface area contributed by atoms with E-state index in [4.69, 9.17) is 17.4 Å². The van der Waals surface area contributed by atoms with Gasteiger partial charge >= 0.3 is 8.56 Å². The largest absolute Gasteiger partial charge is 0.454 e. The molecule has 0 saturated carbocycles. The Labute approximate surface area is 155 Å². The molecule has 0 N–H and O–H groups in total. The summed E-state index contributed by atoms with van der Waals surface area (Å²) in [4.78, 5) is 0. The molecule has 0 aliphatic carbocycles. The Bertz CT molecular complexity index is 353. The molecule has 1 unspecified atom stereocenters. The first kappa shape index (κ1) is 24.7. The Morgan fingerprint density at radius 3 is 1.71 bits per heavy atom. The first-order valence-electron chi connectivity index (χ1n) is 9.30. The highest BCUT2D eigenvalue weighted by Gasteiger charge is 2.39. The predicted octanol–water partition coefficient (Wildman–Crippen LogP) is 5.34. The molecule has 0 spiro atoms. The summed E-state index contributed by atoms with van der Waals surface area (Å²) in [6.45, 7) is 24.0. The molecule has 0 aromatic heterocycles. The molecule has 0 rings (SSSR count). The number of ether oxygens (including phenoxy) is 1. The molecule has 0 bridgehead atoms. The van der Waals surface area contributed by atoms with Crippen LogP contribution in [0, 0.1) is 0 Å². The van der Waals surface area contributed by atoms with Crippen LogP contribution in [0.25, 0.3) is 0 Å². The van der Waals surface area contributed by atoms with Gasteiger partial charge in [0.1, 0.15) is 0 Å². The Morgan fingerprint density at radius 1 is 0.708 bits per heavy atom. The van der Waals surface area contributed by atoms with Gasteiger partial charge in [0.05, 0.1) is 6.23 Å². The van der Waals surface area contributed by atoms with E-state index >= 15 is 0 Å². The summed E-state index contributed by atoms with van der Waals surface area (Å²) < 4.78 is 25.1. The first-order valence-corrected chi connectivity index (χ1v) is 21.8. The van der Waals surface area contributed by atoms with Gasteiger partial charge in [0.15, 0.2) is 25.0 Å². The zero-order valence-corrected chi connectivity index (χ0v) is 21.9.